The van der Waals surface area contributed by atoms with Crippen LogP contribution in [0.4, 0.5) is 5.69 Å². The number of aromatic amines is 1. The Bertz CT molecular complexity index is 1130. The first-order valence-electron chi connectivity index (χ1n) is 8.29. The molecule has 0 saturated heterocycles. The number of carbonyl (C=O) groups is 2. The van der Waals surface area contributed by atoms with E-state index in [1.165, 1.54) is 0 Å². The molecule has 0 saturated carbocycles. The van der Waals surface area contributed by atoms with Crippen LogP contribution in [-0.4, -0.2) is 22.0 Å². The number of fused-ring (bicyclic) bond motifs is 1. The van der Waals surface area contributed by atoms with Gasteiger partial charge in [0.25, 0.3) is 5.91 Å². The van der Waals surface area contributed by atoms with Crippen LogP contribution in [0.25, 0.3) is 22.8 Å². The molecule has 1 aliphatic heterocycles. The Morgan fingerprint density at radius 3 is 2.63 bits per heavy atom. The Kier molecular flexibility index (Phi) is 4.20. The summed E-state index contributed by atoms with van der Waals surface area (Å²) < 4.78 is 0.951. The third kappa shape index (κ3) is 3.08. The lowest BCUT2D eigenvalue weighted by molar-refractivity contribution is -0.110. The Hall–Kier alpha value is -3.12. The van der Waals surface area contributed by atoms with Crippen LogP contribution in [0.1, 0.15) is 27.3 Å². The van der Waals surface area contributed by atoms with Crippen LogP contribution in [0.5, 0.6) is 0 Å². The average molecular weight is 423 g/mol. The van der Waals surface area contributed by atoms with Crippen molar-refractivity contribution in [2.45, 2.75) is 6.92 Å². The number of carboxylic acid groups (broad SMARTS) is 1. The van der Waals surface area contributed by atoms with E-state index >= 15 is 0 Å². The molecule has 0 bridgehead atoms. The van der Waals surface area contributed by atoms with Crippen molar-refractivity contribution in [3.63, 3.8) is 0 Å². The first kappa shape index (κ1) is 17.3. The molecule has 134 valence electrons. The van der Waals surface area contributed by atoms with Crippen molar-refractivity contribution in [2.75, 3.05) is 5.32 Å². The highest BCUT2D eigenvalue weighted by molar-refractivity contribution is 9.10. The maximum absolute atomic E-state index is 12.6. The molecule has 0 aliphatic carbocycles. The Labute approximate surface area is 163 Å². The minimum absolute atomic E-state index is 0.0956. The van der Waals surface area contributed by atoms with E-state index in [0.29, 0.717) is 11.3 Å². The number of carbonyl (C=O) groups excluding carboxylic acids is 1. The smallest absolute Gasteiger partial charge is 0.352 e. The molecule has 2 heterocycles. The van der Waals surface area contributed by atoms with Crippen molar-refractivity contribution in [1.82, 2.24) is 4.98 Å². The number of benzene rings is 2. The number of anilines is 1. The van der Waals surface area contributed by atoms with Crippen LogP contribution < -0.4 is 5.32 Å². The second kappa shape index (κ2) is 6.55. The standard InChI is InChI=1S/C21H15BrN2O3/c1-11-8-18(21(26)27)23-17(11)10-15-19-14(12-4-2-5-13(22)9-12)6-3-7-16(19)24-20(15)25/h2-10,23H,1H3,(H,24,25)(H,26,27). The normalized spacial score (nSPS) is 14.3. The summed E-state index contributed by atoms with van der Waals surface area (Å²) in [7, 11) is 0. The zero-order valence-electron chi connectivity index (χ0n) is 14.3. The minimum Gasteiger partial charge on any atom is -0.477 e. The van der Waals surface area contributed by atoms with Crippen molar-refractivity contribution in [1.29, 1.82) is 0 Å². The number of halogens is 1. The summed E-state index contributed by atoms with van der Waals surface area (Å²) in [6.45, 7) is 1.81. The highest BCUT2D eigenvalue weighted by atomic mass is 79.9. The fraction of sp³-hybridized carbons (Fsp3) is 0.0476. The second-order valence-electron chi connectivity index (χ2n) is 6.34. The molecule has 0 atom stereocenters. The molecule has 0 radical (unpaired) electrons. The second-order valence-corrected chi connectivity index (χ2v) is 7.25. The molecule has 1 aromatic heterocycles. The monoisotopic (exact) mass is 422 g/mol. The first-order chi connectivity index (χ1) is 12.9. The van der Waals surface area contributed by atoms with Gasteiger partial charge in [-0.05, 0) is 54.0 Å². The number of nitrogens with one attached hydrogen (secondary N) is 2. The topological polar surface area (TPSA) is 82.2 Å². The largest absolute Gasteiger partial charge is 0.477 e. The van der Waals surface area contributed by atoms with Gasteiger partial charge in [0.15, 0.2) is 0 Å². The van der Waals surface area contributed by atoms with E-state index in [4.69, 9.17) is 0 Å². The Morgan fingerprint density at radius 2 is 1.93 bits per heavy atom. The Morgan fingerprint density at radius 1 is 1.15 bits per heavy atom. The van der Waals surface area contributed by atoms with Gasteiger partial charge in [-0.3, -0.25) is 4.79 Å². The minimum atomic E-state index is -1.03. The number of H-pyrrole nitrogens is 1. The van der Waals surface area contributed by atoms with Gasteiger partial charge in [0.05, 0.1) is 5.57 Å². The van der Waals surface area contributed by atoms with Crippen LogP contribution in [0, 0.1) is 6.92 Å². The molecule has 0 spiro atoms. The van der Waals surface area contributed by atoms with Gasteiger partial charge < -0.3 is 15.4 Å². The van der Waals surface area contributed by atoms with E-state index in [9.17, 15) is 14.7 Å². The lowest BCUT2D eigenvalue weighted by Gasteiger charge is -2.09. The van der Waals surface area contributed by atoms with E-state index in [1.54, 1.807) is 12.1 Å². The van der Waals surface area contributed by atoms with Crippen molar-refractivity contribution < 1.29 is 14.7 Å². The van der Waals surface area contributed by atoms with Crippen LogP contribution in [0.3, 0.4) is 0 Å². The van der Waals surface area contributed by atoms with Crippen molar-refractivity contribution in [3.05, 3.63) is 75.5 Å². The van der Waals surface area contributed by atoms with Gasteiger partial charge >= 0.3 is 5.97 Å². The van der Waals surface area contributed by atoms with Crippen molar-refractivity contribution in [2.24, 2.45) is 0 Å². The Balaban J connectivity index is 1.90. The van der Waals surface area contributed by atoms with Gasteiger partial charge in [0, 0.05) is 21.4 Å². The number of aromatic nitrogens is 1. The van der Waals surface area contributed by atoms with E-state index in [2.05, 4.69) is 26.2 Å². The predicted molar refractivity (Wildman–Crippen MR) is 109 cm³/mol. The molecular weight excluding hydrogens is 408 g/mol. The summed E-state index contributed by atoms with van der Waals surface area (Å²) in [5.74, 6) is -1.24. The van der Waals surface area contributed by atoms with Crippen LogP contribution >= 0.6 is 15.9 Å². The zero-order chi connectivity index (χ0) is 19.1. The van der Waals surface area contributed by atoms with E-state index in [0.717, 1.165) is 32.4 Å². The van der Waals surface area contributed by atoms with Crippen LogP contribution in [-0.2, 0) is 4.79 Å². The van der Waals surface area contributed by atoms with Gasteiger partial charge in [-0.2, -0.15) is 0 Å². The quantitative estimate of drug-likeness (QED) is 0.522. The molecule has 4 rings (SSSR count). The summed E-state index contributed by atoms with van der Waals surface area (Å²) in [6, 6.07) is 15.2. The molecule has 2 aromatic carbocycles. The SMILES string of the molecule is Cc1cc(C(=O)O)[nH]c1C=C1C(=O)Nc2cccc(-c3cccc(Br)c3)c21. The number of aryl methyl sites for hydroxylation is 1. The van der Waals surface area contributed by atoms with E-state index in [-0.39, 0.29) is 11.6 Å². The zero-order valence-corrected chi connectivity index (χ0v) is 15.9. The van der Waals surface area contributed by atoms with Crippen LogP contribution in [0.15, 0.2) is 53.0 Å². The molecule has 6 heteroatoms. The molecule has 5 nitrogen and oxygen atoms in total. The number of aromatic carboxylic acids is 1. The van der Waals surface area contributed by atoms with Gasteiger partial charge in [-0.25, -0.2) is 4.79 Å². The van der Waals surface area contributed by atoms with Crippen molar-refractivity contribution >= 4 is 45.1 Å². The fourth-order valence-corrected chi connectivity index (χ4v) is 3.67. The van der Waals surface area contributed by atoms with E-state index < -0.39 is 5.97 Å². The molecule has 3 N–H and O–H groups in total. The predicted octanol–water partition coefficient (Wildman–Crippen LogP) is 4.94. The fourth-order valence-electron chi connectivity index (χ4n) is 3.27. The summed E-state index contributed by atoms with van der Waals surface area (Å²) in [5, 5.41) is 12.1. The number of amides is 1. The number of rotatable bonds is 3. The molecule has 1 amide bonds. The lowest BCUT2D eigenvalue weighted by Crippen LogP contribution is -2.03. The maximum Gasteiger partial charge on any atom is 0.352 e. The average Bonchev–Trinajstić information content (AvgIpc) is 3.15. The number of hydrogen-bond donors (Lipinski definition) is 3. The molecule has 3 aromatic rings. The lowest BCUT2D eigenvalue weighted by atomic mass is 9.94. The third-order valence-corrected chi connectivity index (χ3v) is 5.03. The molecule has 0 unspecified atom stereocenters. The summed E-state index contributed by atoms with van der Waals surface area (Å²) >= 11 is 3.49. The molecule has 27 heavy (non-hydrogen) atoms. The highest BCUT2D eigenvalue weighted by Crippen LogP contribution is 2.41. The van der Waals surface area contributed by atoms with Crippen molar-refractivity contribution in [3.8, 4) is 11.1 Å². The van der Waals surface area contributed by atoms with Gasteiger partial charge in [-0.15, -0.1) is 0 Å². The first-order valence-corrected chi connectivity index (χ1v) is 9.08. The third-order valence-electron chi connectivity index (χ3n) is 4.54. The van der Waals surface area contributed by atoms with Gasteiger partial charge in [0.2, 0.25) is 0 Å². The van der Waals surface area contributed by atoms with E-state index in [1.807, 2.05) is 49.4 Å². The van der Waals surface area contributed by atoms with Gasteiger partial charge in [0.1, 0.15) is 5.69 Å². The van der Waals surface area contributed by atoms with Crippen LogP contribution in [0.2, 0.25) is 0 Å². The number of hydrogen-bond acceptors (Lipinski definition) is 2. The molecule has 0 fully saturated rings. The summed E-state index contributed by atoms with van der Waals surface area (Å²) in [5.41, 5.74) is 5.44. The summed E-state index contributed by atoms with van der Waals surface area (Å²) in [4.78, 5) is 26.7. The molecule has 1 aliphatic rings. The highest BCUT2D eigenvalue weighted by Gasteiger charge is 2.27. The summed E-state index contributed by atoms with van der Waals surface area (Å²) in [6.07, 6.45) is 1.71. The molecular formula is C21H15BrN2O3. The number of carboxylic acids is 1. The van der Waals surface area contributed by atoms with Gasteiger partial charge in [-0.1, -0.05) is 40.2 Å². The maximum atomic E-state index is 12.6.